The summed E-state index contributed by atoms with van der Waals surface area (Å²) in [4.78, 5) is 30.5. The molecule has 0 radical (unpaired) electrons. The van der Waals surface area contributed by atoms with Gasteiger partial charge >= 0.3 is 5.69 Å². The number of aromatic nitrogens is 4. The Balaban J connectivity index is 2.64. The molecule has 0 aliphatic rings. The van der Waals surface area contributed by atoms with Gasteiger partial charge in [-0.15, -0.1) is 0 Å². The van der Waals surface area contributed by atoms with Crippen molar-refractivity contribution in [1.29, 1.82) is 0 Å². The number of rotatable bonds is 4. The van der Waals surface area contributed by atoms with Crippen molar-refractivity contribution >= 4 is 17.6 Å². The highest BCUT2D eigenvalue weighted by Gasteiger charge is 2.19. The van der Waals surface area contributed by atoms with Gasteiger partial charge in [0, 0.05) is 12.4 Å². The van der Waals surface area contributed by atoms with Crippen molar-refractivity contribution in [2.24, 2.45) is 5.73 Å². The molecule has 96 valence electrons. The van der Waals surface area contributed by atoms with Crippen LogP contribution < -0.4 is 17.2 Å². The van der Waals surface area contributed by atoms with Gasteiger partial charge in [-0.05, 0) is 6.42 Å². The lowest BCUT2D eigenvalue weighted by Gasteiger charge is -2.14. The van der Waals surface area contributed by atoms with Crippen molar-refractivity contribution in [3.05, 3.63) is 22.9 Å². The van der Waals surface area contributed by atoms with Crippen molar-refractivity contribution in [3.63, 3.8) is 0 Å². The minimum Gasteiger partial charge on any atom is -0.368 e. The van der Waals surface area contributed by atoms with Gasteiger partial charge in [-0.2, -0.15) is 9.97 Å². The molecule has 2 rings (SSSR count). The molecule has 0 bridgehead atoms. The zero-order valence-corrected chi connectivity index (χ0v) is 9.91. The van der Waals surface area contributed by atoms with E-state index in [1.165, 1.54) is 10.6 Å². The van der Waals surface area contributed by atoms with Crippen molar-refractivity contribution < 1.29 is 4.79 Å². The van der Waals surface area contributed by atoms with E-state index < -0.39 is 17.6 Å². The highest BCUT2D eigenvalue weighted by Crippen LogP contribution is 2.16. The summed E-state index contributed by atoms with van der Waals surface area (Å²) in [5.41, 5.74) is 10.3. The average molecular weight is 250 g/mol. The van der Waals surface area contributed by atoms with Crippen LogP contribution in [0.1, 0.15) is 25.8 Å². The summed E-state index contributed by atoms with van der Waals surface area (Å²) in [6.07, 6.45) is 4.42. The number of amides is 1. The third kappa shape index (κ3) is 1.92. The summed E-state index contributed by atoms with van der Waals surface area (Å²) < 4.78 is 2.77. The number of anilines is 1. The Morgan fingerprint density at radius 2 is 2.17 bits per heavy atom. The lowest BCUT2D eigenvalue weighted by Crippen LogP contribution is -2.27. The molecule has 1 amide bonds. The minimum atomic E-state index is -0.548. The molecule has 1 atom stereocenters. The van der Waals surface area contributed by atoms with Crippen LogP contribution in [0.15, 0.2) is 17.2 Å². The van der Waals surface area contributed by atoms with Crippen molar-refractivity contribution in [1.82, 2.24) is 18.9 Å². The zero-order valence-electron chi connectivity index (χ0n) is 9.91. The second-order valence-corrected chi connectivity index (χ2v) is 3.95. The van der Waals surface area contributed by atoms with Gasteiger partial charge in [-0.1, -0.05) is 13.3 Å². The van der Waals surface area contributed by atoms with E-state index in [-0.39, 0.29) is 11.7 Å². The van der Waals surface area contributed by atoms with Gasteiger partial charge in [0.2, 0.25) is 17.6 Å². The maximum atomic E-state index is 11.6. The summed E-state index contributed by atoms with van der Waals surface area (Å²) in [5, 5.41) is 0. The fraction of sp³-hybridized carbons (Fsp3) is 0.400. The average Bonchev–Trinajstić information content (AvgIpc) is 2.69. The van der Waals surface area contributed by atoms with Crippen LogP contribution in [0.5, 0.6) is 0 Å². The first-order chi connectivity index (χ1) is 8.54. The molecule has 18 heavy (non-hydrogen) atoms. The number of imidazole rings is 1. The Morgan fingerprint density at radius 3 is 2.78 bits per heavy atom. The molecule has 2 aromatic heterocycles. The molecule has 2 aromatic rings. The molecule has 1 unspecified atom stereocenters. The molecular formula is C10H14N6O2. The number of primary amides is 1. The van der Waals surface area contributed by atoms with Gasteiger partial charge in [0.1, 0.15) is 6.04 Å². The topological polar surface area (TPSA) is 121 Å². The maximum absolute atomic E-state index is 11.6. The van der Waals surface area contributed by atoms with E-state index in [4.69, 9.17) is 11.5 Å². The smallest absolute Gasteiger partial charge is 0.357 e. The molecule has 0 aliphatic carbocycles. The first kappa shape index (κ1) is 12.1. The van der Waals surface area contributed by atoms with E-state index in [1.54, 1.807) is 10.8 Å². The van der Waals surface area contributed by atoms with Gasteiger partial charge in [0.15, 0.2) is 0 Å². The molecule has 8 heteroatoms. The Morgan fingerprint density at radius 1 is 1.44 bits per heavy atom. The van der Waals surface area contributed by atoms with E-state index in [1.807, 2.05) is 6.92 Å². The van der Waals surface area contributed by atoms with Crippen LogP contribution in [0.25, 0.3) is 5.78 Å². The Bertz CT molecular complexity index is 643. The largest absolute Gasteiger partial charge is 0.368 e. The fourth-order valence-electron chi connectivity index (χ4n) is 1.87. The van der Waals surface area contributed by atoms with Gasteiger partial charge in [0.25, 0.3) is 0 Å². The van der Waals surface area contributed by atoms with Gasteiger partial charge < -0.3 is 16.0 Å². The molecule has 0 aliphatic heterocycles. The SMILES string of the molecule is CCCC(C(N)=O)n1ccn2c(=O)nc(N)nc12. The molecule has 8 nitrogen and oxygen atoms in total. The third-order valence-electron chi connectivity index (χ3n) is 2.68. The number of nitrogens with zero attached hydrogens (tertiary/aromatic N) is 4. The molecule has 2 heterocycles. The lowest BCUT2D eigenvalue weighted by molar-refractivity contribution is -0.121. The predicted molar refractivity (Wildman–Crippen MR) is 64.8 cm³/mol. The van der Waals surface area contributed by atoms with E-state index in [0.29, 0.717) is 6.42 Å². The number of carbonyl (C=O) groups excluding carboxylic acids is 1. The highest BCUT2D eigenvalue weighted by atomic mass is 16.2. The third-order valence-corrected chi connectivity index (χ3v) is 2.68. The van der Waals surface area contributed by atoms with Crippen molar-refractivity contribution in [3.8, 4) is 0 Å². The second kappa shape index (κ2) is 4.47. The van der Waals surface area contributed by atoms with Crippen molar-refractivity contribution in [2.45, 2.75) is 25.8 Å². The van der Waals surface area contributed by atoms with Gasteiger partial charge in [-0.25, -0.2) is 9.20 Å². The Hall–Kier alpha value is -2.38. The fourth-order valence-corrected chi connectivity index (χ4v) is 1.87. The number of fused-ring (bicyclic) bond motifs is 1. The summed E-state index contributed by atoms with van der Waals surface area (Å²) in [6, 6.07) is -0.548. The monoisotopic (exact) mass is 250 g/mol. The van der Waals surface area contributed by atoms with E-state index in [9.17, 15) is 9.59 Å². The van der Waals surface area contributed by atoms with Crippen LogP contribution in [0.4, 0.5) is 5.95 Å². The number of hydrogen-bond acceptors (Lipinski definition) is 5. The summed E-state index contributed by atoms with van der Waals surface area (Å²) in [7, 11) is 0. The molecule has 0 aromatic carbocycles. The van der Waals surface area contributed by atoms with E-state index in [2.05, 4.69) is 9.97 Å². The summed E-state index contributed by atoms with van der Waals surface area (Å²) >= 11 is 0. The van der Waals surface area contributed by atoms with Crippen LogP contribution in [0, 0.1) is 0 Å². The Kier molecular flexibility index (Phi) is 3.00. The molecule has 0 spiro atoms. The number of nitrogen functional groups attached to an aromatic ring is 1. The van der Waals surface area contributed by atoms with Crippen molar-refractivity contribution in [2.75, 3.05) is 5.73 Å². The first-order valence-electron chi connectivity index (χ1n) is 5.56. The summed E-state index contributed by atoms with van der Waals surface area (Å²) in [5.74, 6) is -0.330. The number of hydrogen-bond donors (Lipinski definition) is 2. The molecular weight excluding hydrogens is 236 g/mol. The van der Waals surface area contributed by atoms with Gasteiger partial charge in [-0.3, -0.25) is 4.79 Å². The molecule has 4 N–H and O–H groups in total. The second-order valence-electron chi connectivity index (χ2n) is 3.95. The maximum Gasteiger partial charge on any atom is 0.357 e. The van der Waals surface area contributed by atoms with Crippen LogP contribution >= 0.6 is 0 Å². The van der Waals surface area contributed by atoms with E-state index in [0.717, 1.165) is 6.42 Å². The minimum absolute atomic E-state index is 0.125. The lowest BCUT2D eigenvalue weighted by atomic mass is 10.1. The number of carbonyl (C=O) groups is 1. The zero-order chi connectivity index (χ0) is 13.3. The standard InChI is InChI=1S/C10H14N6O2/c1-2-3-6(7(11)17)15-4-5-16-9(15)13-8(12)14-10(16)18/h4-6H,2-3H2,1H3,(H2,11,17)(H2,12,14,18). The predicted octanol–water partition coefficient (Wildman–Crippen LogP) is -0.700. The van der Waals surface area contributed by atoms with Crippen LogP contribution in [0.2, 0.25) is 0 Å². The van der Waals surface area contributed by atoms with Crippen LogP contribution in [-0.4, -0.2) is 24.8 Å². The first-order valence-corrected chi connectivity index (χ1v) is 5.56. The normalized spacial score (nSPS) is 12.7. The van der Waals surface area contributed by atoms with E-state index >= 15 is 0 Å². The summed E-state index contributed by atoms with van der Waals surface area (Å²) in [6.45, 7) is 1.94. The van der Waals surface area contributed by atoms with Crippen LogP contribution in [-0.2, 0) is 4.79 Å². The quantitative estimate of drug-likeness (QED) is 0.743. The van der Waals surface area contributed by atoms with Gasteiger partial charge in [0.05, 0.1) is 0 Å². The van der Waals surface area contributed by atoms with Crippen LogP contribution in [0.3, 0.4) is 0 Å². The molecule has 0 saturated carbocycles. The number of nitrogens with two attached hydrogens (primary N) is 2. The molecule has 0 fully saturated rings. The Labute approximate surface area is 102 Å². The molecule has 0 saturated heterocycles. The highest BCUT2D eigenvalue weighted by molar-refractivity contribution is 5.79.